The molecule has 0 aliphatic heterocycles. The lowest BCUT2D eigenvalue weighted by Crippen LogP contribution is -2.46. The van der Waals surface area contributed by atoms with E-state index in [2.05, 4.69) is 22.8 Å². The van der Waals surface area contributed by atoms with Gasteiger partial charge in [0.1, 0.15) is 0 Å². The zero-order valence-corrected chi connectivity index (χ0v) is 16.3. The van der Waals surface area contributed by atoms with Crippen molar-refractivity contribution in [1.82, 2.24) is 10.6 Å². The Morgan fingerprint density at radius 2 is 1.70 bits per heavy atom. The maximum Gasteiger partial charge on any atom is 0.239 e. The fraction of sp³-hybridized carbons (Fsp3) is 0.400. The van der Waals surface area contributed by atoms with Gasteiger partial charge >= 0.3 is 0 Å². The van der Waals surface area contributed by atoms with Gasteiger partial charge in [0, 0.05) is 16.3 Å². The third kappa shape index (κ3) is 7.90. The SMILES string of the molecule is NCCCc1ccc(CCNC(=O)CNC(=O)[C@@H](N)Cc2ccccc2)s1. The lowest BCUT2D eigenvalue weighted by molar-refractivity contribution is -0.126. The summed E-state index contributed by atoms with van der Waals surface area (Å²) >= 11 is 1.75. The average Bonchev–Trinajstić information content (AvgIpc) is 3.13. The van der Waals surface area contributed by atoms with Gasteiger partial charge in [0.15, 0.2) is 0 Å². The van der Waals surface area contributed by atoms with Gasteiger partial charge in [-0.1, -0.05) is 30.3 Å². The molecule has 0 aliphatic carbocycles. The highest BCUT2D eigenvalue weighted by atomic mass is 32.1. The number of hydrogen-bond donors (Lipinski definition) is 4. The molecule has 146 valence electrons. The molecule has 27 heavy (non-hydrogen) atoms. The number of rotatable bonds is 11. The van der Waals surface area contributed by atoms with Crippen molar-refractivity contribution in [3.8, 4) is 0 Å². The molecular formula is C20H28N4O2S. The van der Waals surface area contributed by atoms with Crippen LogP contribution in [0.2, 0.25) is 0 Å². The number of carbonyl (C=O) groups is 2. The van der Waals surface area contributed by atoms with Crippen LogP contribution in [0.15, 0.2) is 42.5 Å². The molecule has 1 heterocycles. The van der Waals surface area contributed by atoms with Crippen LogP contribution in [0.25, 0.3) is 0 Å². The van der Waals surface area contributed by atoms with Crippen molar-refractivity contribution >= 4 is 23.2 Å². The molecule has 0 radical (unpaired) electrons. The molecule has 1 atom stereocenters. The van der Waals surface area contributed by atoms with Crippen molar-refractivity contribution in [1.29, 1.82) is 0 Å². The lowest BCUT2D eigenvalue weighted by Gasteiger charge is -2.12. The molecule has 0 saturated heterocycles. The van der Waals surface area contributed by atoms with Crippen LogP contribution in [0.3, 0.4) is 0 Å². The fourth-order valence-electron chi connectivity index (χ4n) is 2.61. The summed E-state index contributed by atoms with van der Waals surface area (Å²) in [5, 5.41) is 5.41. The summed E-state index contributed by atoms with van der Waals surface area (Å²) < 4.78 is 0. The number of benzene rings is 1. The normalized spacial score (nSPS) is 11.8. The molecule has 2 rings (SSSR count). The molecule has 2 amide bonds. The maximum absolute atomic E-state index is 12.0. The van der Waals surface area contributed by atoms with E-state index in [1.165, 1.54) is 9.75 Å². The lowest BCUT2D eigenvalue weighted by atomic mass is 10.1. The number of thiophene rings is 1. The predicted octanol–water partition coefficient (Wildman–Crippen LogP) is 0.984. The largest absolute Gasteiger partial charge is 0.354 e. The van der Waals surface area contributed by atoms with Crippen LogP contribution in [0.1, 0.15) is 21.7 Å². The Bertz CT molecular complexity index is 718. The number of hydrogen-bond acceptors (Lipinski definition) is 5. The van der Waals surface area contributed by atoms with Gasteiger partial charge in [-0.3, -0.25) is 9.59 Å². The molecule has 0 saturated carbocycles. The first-order valence-electron chi connectivity index (χ1n) is 9.20. The smallest absolute Gasteiger partial charge is 0.239 e. The van der Waals surface area contributed by atoms with E-state index < -0.39 is 6.04 Å². The maximum atomic E-state index is 12.0. The minimum atomic E-state index is -0.668. The second kappa shape index (κ2) is 11.5. The van der Waals surface area contributed by atoms with E-state index in [1.807, 2.05) is 30.3 Å². The Morgan fingerprint density at radius 1 is 1.00 bits per heavy atom. The minimum Gasteiger partial charge on any atom is -0.354 e. The van der Waals surface area contributed by atoms with Crippen LogP contribution in [-0.4, -0.2) is 37.5 Å². The standard InChI is InChI=1S/C20H28N4O2S/c21-11-4-7-16-8-9-17(27-16)10-12-23-19(25)14-24-20(26)18(22)13-15-5-2-1-3-6-15/h1-3,5-6,8-9,18H,4,7,10-14,21-22H2,(H,23,25)(H,24,26)/t18-/m0/s1. The molecule has 0 bridgehead atoms. The number of carbonyl (C=O) groups excluding carboxylic acids is 2. The van der Waals surface area contributed by atoms with Gasteiger partial charge in [-0.05, 0) is 49.9 Å². The molecule has 1 aromatic carbocycles. The van der Waals surface area contributed by atoms with Gasteiger partial charge < -0.3 is 22.1 Å². The molecule has 0 spiro atoms. The van der Waals surface area contributed by atoms with Crippen LogP contribution < -0.4 is 22.1 Å². The number of aryl methyl sites for hydroxylation is 1. The Balaban J connectivity index is 1.62. The van der Waals surface area contributed by atoms with Crippen LogP contribution in [0, 0.1) is 0 Å². The van der Waals surface area contributed by atoms with Gasteiger partial charge in [-0.2, -0.15) is 0 Å². The zero-order valence-electron chi connectivity index (χ0n) is 15.4. The van der Waals surface area contributed by atoms with Gasteiger partial charge in [-0.15, -0.1) is 11.3 Å². The molecule has 1 aromatic heterocycles. The van der Waals surface area contributed by atoms with Gasteiger partial charge in [0.2, 0.25) is 11.8 Å². The van der Waals surface area contributed by atoms with Gasteiger partial charge in [0.05, 0.1) is 12.6 Å². The minimum absolute atomic E-state index is 0.0620. The summed E-state index contributed by atoms with van der Waals surface area (Å²) in [6, 6.07) is 13.1. The van der Waals surface area contributed by atoms with Gasteiger partial charge in [-0.25, -0.2) is 0 Å². The highest BCUT2D eigenvalue weighted by molar-refractivity contribution is 7.11. The Morgan fingerprint density at radius 3 is 2.41 bits per heavy atom. The van der Waals surface area contributed by atoms with E-state index in [-0.39, 0.29) is 18.4 Å². The molecule has 7 heteroatoms. The van der Waals surface area contributed by atoms with Crippen LogP contribution >= 0.6 is 11.3 Å². The topological polar surface area (TPSA) is 110 Å². The molecule has 6 nitrogen and oxygen atoms in total. The Hall–Kier alpha value is -2.22. The van der Waals surface area contributed by atoms with E-state index in [0.29, 0.717) is 19.5 Å². The Labute approximate surface area is 164 Å². The molecule has 6 N–H and O–H groups in total. The number of nitrogens with two attached hydrogens (primary N) is 2. The monoisotopic (exact) mass is 388 g/mol. The molecule has 0 fully saturated rings. The summed E-state index contributed by atoms with van der Waals surface area (Å²) in [7, 11) is 0. The second-order valence-electron chi connectivity index (χ2n) is 6.37. The first kappa shape index (κ1) is 21.1. The van der Waals surface area contributed by atoms with Crippen LogP contribution in [0.4, 0.5) is 0 Å². The average molecular weight is 389 g/mol. The third-order valence-electron chi connectivity index (χ3n) is 4.10. The summed E-state index contributed by atoms with van der Waals surface area (Å²) in [6.07, 6.45) is 3.21. The highest BCUT2D eigenvalue weighted by Gasteiger charge is 2.14. The zero-order chi connectivity index (χ0) is 19.5. The van der Waals surface area contributed by atoms with Crippen molar-refractivity contribution in [3.63, 3.8) is 0 Å². The van der Waals surface area contributed by atoms with E-state index in [1.54, 1.807) is 11.3 Å². The third-order valence-corrected chi connectivity index (χ3v) is 5.30. The molecule has 0 aliphatic rings. The van der Waals surface area contributed by atoms with Crippen molar-refractivity contribution in [2.45, 2.75) is 31.7 Å². The number of amides is 2. The molecular weight excluding hydrogens is 360 g/mol. The van der Waals surface area contributed by atoms with Crippen molar-refractivity contribution in [2.75, 3.05) is 19.6 Å². The Kier molecular flexibility index (Phi) is 8.97. The summed E-state index contributed by atoms with van der Waals surface area (Å²) in [5.41, 5.74) is 12.4. The van der Waals surface area contributed by atoms with E-state index >= 15 is 0 Å². The first-order valence-corrected chi connectivity index (χ1v) is 10.0. The van der Waals surface area contributed by atoms with Crippen molar-refractivity contribution in [2.24, 2.45) is 11.5 Å². The van der Waals surface area contributed by atoms with Crippen molar-refractivity contribution < 1.29 is 9.59 Å². The van der Waals surface area contributed by atoms with Crippen LogP contribution in [-0.2, 0) is 28.9 Å². The molecule has 2 aromatic rings. The highest BCUT2D eigenvalue weighted by Crippen LogP contribution is 2.18. The summed E-state index contributed by atoms with van der Waals surface area (Å²) in [4.78, 5) is 26.5. The van der Waals surface area contributed by atoms with E-state index in [9.17, 15) is 9.59 Å². The predicted molar refractivity (Wildman–Crippen MR) is 110 cm³/mol. The van der Waals surface area contributed by atoms with Crippen molar-refractivity contribution in [3.05, 3.63) is 57.8 Å². The number of nitrogens with one attached hydrogen (secondary N) is 2. The summed E-state index contributed by atoms with van der Waals surface area (Å²) in [6.45, 7) is 1.18. The quantitative estimate of drug-likeness (QED) is 0.460. The second-order valence-corrected chi connectivity index (χ2v) is 7.63. The van der Waals surface area contributed by atoms with Gasteiger partial charge in [0.25, 0.3) is 0 Å². The summed E-state index contributed by atoms with van der Waals surface area (Å²) in [5.74, 6) is -0.535. The molecule has 0 unspecified atom stereocenters. The van der Waals surface area contributed by atoms with Crippen LogP contribution in [0.5, 0.6) is 0 Å². The fourth-order valence-corrected chi connectivity index (χ4v) is 3.67. The van der Waals surface area contributed by atoms with E-state index in [4.69, 9.17) is 11.5 Å². The van der Waals surface area contributed by atoms with E-state index in [0.717, 1.165) is 24.8 Å². The first-order chi connectivity index (χ1) is 13.1.